The summed E-state index contributed by atoms with van der Waals surface area (Å²) < 4.78 is 38.5. The Labute approximate surface area is 160 Å². The minimum Gasteiger partial charge on any atom is -0.491 e. The minimum atomic E-state index is -3.86. The van der Waals surface area contributed by atoms with Crippen LogP contribution in [0.25, 0.3) is 0 Å². The van der Waals surface area contributed by atoms with E-state index in [4.69, 9.17) is 9.15 Å². The van der Waals surface area contributed by atoms with E-state index in [1.165, 1.54) is 18.4 Å². The van der Waals surface area contributed by atoms with Gasteiger partial charge in [-0.25, -0.2) is 8.42 Å². The molecule has 8 heteroatoms. The Hall–Kier alpha value is -2.32. The fraction of sp³-hybridized carbons (Fsp3) is 0.421. The van der Waals surface area contributed by atoms with Crippen LogP contribution in [0.1, 0.15) is 33.5 Å². The molecule has 0 fully saturated rings. The number of ether oxygens (including phenoxy) is 1. The van der Waals surface area contributed by atoms with Crippen LogP contribution in [0.4, 0.5) is 0 Å². The van der Waals surface area contributed by atoms with Crippen molar-refractivity contribution in [1.29, 1.82) is 0 Å². The molecule has 0 spiro atoms. The molecule has 148 valence electrons. The SMILES string of the molecule is CC(C)Oc1ccc(S(=O)(=O)N[C@H](C(=O)NCc2ccco2)C(C)C)cc1. The first-order valence-corrected chi connectivity index (χ1v) is 10.3. The monoisotopic (exact) mass is 394 g/mol. The highest BCUT2D eigenvalue weighted by Crippen LogP contribution is 2.18. The first-order chi connectivity index (χ1) is 12.7. The van der Waals surface area contributed by atoms with Gasteiger partial charge in [-0.2, -0.15) is 4.72 Å². The van der Waals surface area contributed by atoms with Gasteiger partial charge >= 0.3 is 0 Å². The summed E-state index contributed by atoms with van der Waals surface area (Å²) in [6, 6.07) is 8.64. The highest BCUT2D eigenvalue weighted by molar-refractivity contribution is 7.89. The van der Waals surface area contributed by atoms with Gasteiger partial charge in [0.05, 0.1) is 23.8 Å². The lowest BCUT2D eigenvalue weighted by Gasteiger charge is -2.21. The highest BCUT2D eigenvalue weighted by Gasteiger charge is 2.28. The van der Waals surface area contributed by atoms with Gasteiger partial charge in [0, 0.05) is 0 Å². The van der Waals surface area contributed by atoms with E-state index in [0.717, 1.165) is 0 Å². The van der Waals surface area contributed by atoms with Crippen molar-refractivity contribution in [3.05, 3.63) is 48.4 Å². The Balaban J connectivity index is 2.07. The van der Waals surface area contributed by atoms with E-state index in [1.54, 1.807) is 38.1 Å². The van der Waals surface area contributed by atoms with E-state index < -0.39 is 22.0 Å². The van der Waals surface area contributed by atoms with Gasteiger partial charge in [0.25, 0.3) is 0 Å². The molecule has 1 atom stereocenters. The Morgan fingerprint density at radius 1 is 1.11 bits per heavy atom. The molecular formula is C19H26N2O5S. The predicted octanol–water partition coefficient (Wildman–Crippen LogP) is 2.69. The molecule has 1 amide bonds. The van der Waals surface area contributed by atoms with E-state index in [2.05, 4.69) is 10.0 Å². The molecule has 2 aromatic rings. The van der Waals surface area contributed by atoms with E-state index in [9.17, 15) is 13.2 Å². The van der Waals surface area contributed by atoms with Crippen LogP contribution < -0.4 is 14.8 Å². The fourth-order valence-electron chi connectivity index (χ4n) is 2.39. The van der Waals surface area contributed by atoms with Gasteiger partial charge in [-0.05, 0) is 56.2 Å². The van der Waals surface area contributed by atoms with Crippen LogP contribution >= 0.6 is 0 Å². The van der Waals surface area contributed by atoms with Gasteiger partial charge in [0.2, 0.25) is 15.9 Å². The van der Waals surface area contributed by atoms with Crippen LogP contribution in [-0.2, 0) is 21.4 Å². The predicted molar refractivity (Wildman–Crippen MR) is 102 cm³/mol. The zero-order valence-electron chi connectivity index (χ0n) is 15.9. The molecule has 7 nitrogen and oxygen atoms in total. The van der Waals surface area contributed by atoms with E-state index in [1.807, 2.05) is 13.8 Å². The summed E-state index contributed by atoms with van der Waals surface area (Å²) in [4.78, 5) is 12.5. The lowest BCUT2D eigenvalue weighted by Crippen LogP contribution is -2.49. The molecular weight excluding hydrogens is 368 g/mol. The van der Waals surface area contributed by atoms with Crippen LogP contribution in [0.15, 0.2) is 52.0 Å². The summed E-state index contributed by atoms with van der Waals surface area (Å²) in [6.45, 7) is 7.53. The van der Waals surface area contributed by atoms with Crippen molar-refractivity contribution >= 4 is 15.9 Å². The van der Waals surface area contributed by atoms with Crippen LogP contribution in [0, 0.1) is 5.92 Å². The van der Waals surface area contributed by atoms with Crippen molar-refractivity contribution in [2.45, 2.75) is 51.3 Å². The van der Waals surface area contributed by atoms with Gasteiger partial charge in [-0.1, -0.05) is 13.8 Å². The number of nitrogens with one attached hydrogen (secondary N) is 2. The number of benzene rings is 1. The molecule has 0 saturated heterocycles. The van der Waals surface area contributed by atoms with Gasteiger partial charge in [0.15, 0.2) is 0 Å². The van der Waals surface area contributed by atoms with E-state index in [0.29, 0.717) is 11.5 Å². The van der Waals surface area contributed by atoms with Crippen molar-refractivity contribution in [2.75, 3.05) is 0 Å². The Morgan fingerprint density at radius 3 is 2.30 bits per heavy atom. The molecule has 0 unspecified atom stereocenters. The number of hydrogen-bond donors (Lipinski definition) is 2. The molecule has 1 aromatic heterocycles. The van der Waals surface area contributed by atoms with Gasteiger partial charge in [-0.15, -0.1) is 0 Å². The standard InChI is InChI=1S/C19H26N2O5S/c1-13(2)18(19(22)20-12-16-6-5-11-25-16)21-27(23,24)17-9-7-15(8-10-17)26-14(3)4/h5-11,13-14,18,21H,12H2,1-4H3,(H,20,22)/t18-/m0/s1. The number of amides is 1. The zero-order chi connectivity index (χ0) is 20.0. The lowest BCUT2D eigenvalue weighted by molar-refractivity contribution is -0.123. The Morgan fingerprint density at radius 2 is 1.78 bits per heavy atom. The number of sulfonamides is 1. The van der Waals surface area contributed by atoms with Crippen molar-refractivity contribution in [1.82, 2.24) is 10.0 Å². The first kappa shape index (κ1) is 21.0. The lowest BCUT2D eigenvalue weighted by atomic mass is 10.1. The van der Waals surface area contributed by atoms with Gasteiger partial charge in [0.1, 0.15) is 17.6 Å². The molecule has 1 heterocycles. The smallest absolute Gasteiger partial charge is 0.241 e. The van der Waals surface area contributed by atoms with Crippen LogP contribution in [0.2, 0.25) is 0 Å². The third kappa shape index (κ3) is 6.11. The maximum Gasteiger partial charge on any atom is 0.241 e. The molecule has 0 aliphatic carbocycles. The van der Waals surface area contributed by atoms with Crippen LogP contribution in [-0.4, -0.2) is 26.5 Å². The second-order valence-electron chi connectivity index (χ2n) is 6.78. The zero-order valence-corrected chi connectivity index (χ0v) is 16.7. The maximum atomic E-state index is 12.7. The summed E-state index contributed by atoms with van der Waals surface area (Å²) >= 11 is 0. The number of carbonyl (C=O) groups excluding carboxylic acids is 1. The number of rotatable bonds is 9. The fourth-order valence-corrected chi connectivity index (χ4v) is 3.74. The highest BCUT2D eigenvalue weighted by atomic mass is 32.2. The van der Waals surface area contributed by atoms with E-state index >= 15 is 0 Å². The summed E-state index contributed by atoms with van der Waals surface area (Å²) in [5, 5.41) is 2.69. The summed E-state index contributed by atoms with van der Waals surface area (Å²) in [7, 11) is -3.86. The number of hydrogen-bond acceptors (Lipinski definition) is 5. The molecule has 0 radical (unpaired) electrons. The third-order valence-corrected chi connectivity index (χ3v) is 5.21. The summed E-state index contributed by atoms with van der Waals surface area (Å²) in [5.41, 5.74) is 0. The summed E-state index contributed by atoms with van der Waals surface area (Å²) in [5.74, 6) is 0.527. The Kier molecular flexibility index (Phi) is 7.04. The minimum absolute atomic E-state index is 0.00578. The van der Waals surface area contributed by atoms with Gasteiger partial charge in [-0.3, -0.25) is 4.79 Å². The van der Waals surface area contributed by atoms with Crippen molar-refractivity contribution in [3.8, 4) is 5.75 Å². The Bertz CT molecular complexity index is 827. The maximum absolute atomic E-state index is 12.7. The van der Waals surface area contributed by atoms with Crippen molar-refractivity contribution in [3.63, 3.8) is 0 Å². The number of furan rings is 1. The van der Waals surface area contributed by atoms with Crippen LogP contribution in [0.3, 0.4) is 0 Å². The largest absolute Gasteiger partial charge is 0.491 e. The molecule has 0 aliphatic rings. The first-order valence-electron chi connectivity index (χ1n) is 8.78. The molecule has 2 rings (SSSR count). The van der Waals surface area contributed by atoms with Gasteiger partial charge < -0.3 is 14.5 Å². The molecule has 27 heavy (non-hydrogen) atoms. The quantitative estimate of drug-likeness (QED) is 0.681. The molecule has 1 aromatic carbocycles. The average molecular weight is 394 g/mol. The molecule has 0 bridgehead atoms. The molecule has 2 N–H and O–H groups in total. The molecule has 0 aliphatic heterocycles. The number of carbonyl (C=O) groups is 1. The topological polar surface area (TPSA) is 97.6 Å². The molecule has 0 saturated carbocycles. The van der Waals surface area contributed by atoms with Crippen molar-refractivity contribution < 1.29 is 22.4 Å². The average Bonchev–Trinajstić information content (AvgIpc) is 3.11. The van der Waals surface area contributed by atoms with Crippen LogP contribution in [0.5, 0.6) is 5.75 Å². The summed E-state index contributed by atoms with van der Waals surface area (Å²) in [6.07, 6.45) is 1.50. The van der Waals surface area contributed by atoms with E-state index in [-0.39, 0.29) is 23.5 Å². The third-order valence-electron chi connectivity index (χ3n) is 3.75. The second-order valence-corrected chi connectivity index (χ2v) is 8.49. The normalized spacial score (nSPS) is 13.0. The van der Waals surface area contributed by atoms with Crippen molar-refractivity contribution in [2.24, 2.45) is 5.92 Å². The second kappa shape index (κ2) is 9.05.